The second-order valence-corrected chi connectivity index (χ2v) is 6.46. The van der Waals surface area contributed by atoms with E-state index < -0.39 is 11.6 Å². The number of allylic oxidation sites excluding steroid dienone is 1. The Labute approximate surface area is 164 Å². The number of halogens is 2. The van der Waals surface area contributed by atoms with Gasteiger partial charge in [-0.15, -0.1) is 0 Å². The maximum absolute atomic E-state index is 14.2. The number of anilines is 1. The van der Waals surface area contributed by atoms with Gasteiger partial charge in [-0.1, -0.05) is 24.3 Å². The van der Waals surface area contributed by atoms with Crippen molar-refractivity contribution in [2.75, 3.05) is 5.73 Å². The van der Waals surface area contributed by atoms with Gasteiger partial charge in [-0.25, -0.2) is 13.8 Å². The number of nitrogens with two attached hydrogens (primary N) is 1. The summed E-state index contributed by atoms with van der Waals surface area (Å²) in [5, 5.41) is 19.0. The van der Waals surface area contributed by atoms with Crippen LogP contribution in [-0.4, -0.2) is 21.3 Å². The molecule has 29 heavy (non-hydrogen) atoms. The molecule has 0 aliphatic carbocycles. The van der Waals surface area contributed by atoms with E-state index in [9.17, 15) is 13.9 Å². The Bertz CT molecular complexity index is 1280. The molecule has 0 aliphatic heterocycles. The summed E-state index contributed by atoms with van der Waals surface area (Å²) < 4.78 is 27.8. The first-order valence-corrected chi connectivity index (χ1v) is 8.71. The molecule has 2 heterocycles. The van der Waals surface area contributed by atoms with Crippen LogP contribution in [0.3, 0.4) is 0 Å². The second-order valence-electron chi connectivity index (χ2n) is 6.46. The zero-order valence-electron chi connectivity index (χ0n) is 15.1. The maximum Gasteiger partial charge on any atom is 0.166 e. The Balaban J connectivity index is 1.90. The Morgan fingerprint density at radius 2 is 1.86 bits per heavy atom. The van der Waals surface area contributed by atoms with Crippen LogP contribution in [0.15, 0.2) is 60.9 Å². The van der Waals surface area contributed by atoms with Gasteiger partial charge in [0.1, 0.15) is 11.4 Å². The molecule has 0 radical (unpaired) electrons. The van der Waals surface area contributed by atoms with Crippen LogP contribution in [0.1, 0.15) is 11.1 Å². The summed E-state index contributed by atoms with van der Waals surface area (Å²) >= 11 is 0. The SMILES string of the molecule is N=C/C(=C(\O)c1c[nH]c2ncc(-c3cccc(N)c3)cc12)c1cccc(F)c1F. The molecule has 0 aliphatic rings. The van der Waals surface area contributed by atoms with Crippen LogP contribution in [0.4, 0.5) is 14.5 Å². The number of nitrogens with zero attached hydrogens (tertiary/aromatic N) is 1. The van der Waals surface area contributed by atoms with Crippen LogP contribution >= 0.6 is 0 Å². The number of aliphatic hydroxyl groups is 1. The Morgan fingerprint density at radius 1 is 1.07 bits per heavy atom. The van der Waals surface area contributed by atoms with Crippen molar-refractivity contribution >= 4 is 34.3 Å². The van der Waals surface area contributed by atoms with E-state index in [4.69, 9.17) is 11.1 Å². The molecule has 5 N–H and O–H groups in total. The van der Waals surface area contributed by atoms with E-state index in [0.29, 0.717) is 22.3 Å². The predicted molar refractivity (Wildman–Crippen MR) is 111 cm³/mol. The normalized spacial score (nSPS) is 12.1. The van der Waals surface area contributed by atoms with E-state index in [1.54, 1.807) is 18.3 Å². The number of fused-ring (bicyclic) bond motifs is 1. The molecule has 4 aromatic rings. The number of rotatable bonds is 4. The molecular formula is C22H16F2N4O. The molecule has 0 bridgehead atoms. The minimum absolute atomic E-state index is 0.141. The average molecular weight is 390 g/mol. The number of nitrogen functional groups attached to an aromatic ring is 1. The lowest BCUT2D eigenvalue weighted by atomic mass is 10.00. The Kier molecular flexibility index (Phi) is 4.56. The van der Waals surface area contributed by atoms with Crippen LogP contribution in [0, 0.1) is 17.0 Å². The molecule has 0 saturated carbocycles. The predicted octanol–water partition coefficient (Wildman–Crippen LogP) is 5.17. The van der Waals surface area contributed by atoms with Crippen LogP contribution in [0.25, 0.3) is 33.5 Å². The highest BCUT2D eigenvalue weighted by atomic mass is 19.2. The van der Waals surface area contributed by atoms with Crippen LogP contribution in [0.5, 0.6) is 0 Å². The molecule has 2 aromatic carbocycles. The number of benzene rings is 2. The summed E-state index contributed by atoms with van der Waals surface area (Å²) in [7, 11) is 0. The number of pyridine rings is 1. The van der Waals surface area contributed by atoms with Gasteiger partial charge >= 0.3 is 0 Å². The smallest absolute Gasteiger partial charge is 0.166 e. The monoisotopic (exact) mass is 390 g/mol. The molecule has 144 valence electrons. The Morgan fingerprint density at radius 3 is 2.62 bits per heavy atom. The molecular weight excluding hydrogens is 374 g/mol. The van der Waals surface area contributed by atoms with Crippen molar-refractivity contribution in [2.24, 2.45) is 0 Å². The second kappa shape index (κ2) is 7.20. The summed E-state index contributed by atoms with van der Waals surface area (Å²) in [4.78, 5) is 7.30. The molecule has 7 heteroatoms. The molecule has 0 spiro atoms. The number of aliphatic hydroxyl groups excluding tert-OH is 1. The van der Waals surface area contributed by atoms with Gasteiger partial charge in [0.25, 0.3) is 0 Å². The first-order valence-electron chi connectivity index (χ1n) is 8.71. The third kappa shape index (κ3) is 3.23. The number of H-pyrrole nitrogens is 1. The summed E-state index contributed by atoms with van der Waals surface area (Å²) in [5.41, 5.74) is 8.55. The minimum atomic E-state index is -1.13. The molecule has 4 rings (SSSR count). The van der Waals surface area contributed by atoms with E-state index in [1.807, 2.05) is 18.2 Å². The quantitative estimate of drug-likeness (QED) is 0.220. The lowest BCUT2D eigenvalue weighted by Crippen LogP contribution is -1.98. The van der Waals surface area contributed by atoms with Gasteiger partial charge in [0.05, 0.1) is 0 Å². The van der Waals surface area contributed by atoms with Crippen LogP contribution < -0.4 is 5.73 Å². The zero-order chi connectivity index (χ0) is 20.5. The van der Waals surface area contributed by atoms with Gasteiger partial charge in [-0.3, -0.25) is 0 Å². The van der Waals surface area contributed by atoms with Crippen molar-refractivity contribution in [3.63, 3.8) is 0 Å². The molecule has 0 fully saturated rings. The van der Waals surface area contributed by atoms with E-state index in [2.05, 4.69) is 9.97 Å². The molecule has 5 nitrogen and oxygen atoms in total. The van der Waals surface area contributed by atoms with Gasteiger partial charge in [0.15, 0.2) is 11.6 Å². The minimum Gasteiger partial charge on any atom is -0.507 e. The van der Waals surface area contributed by atoms with Gasteiger partial charge in [0.2, 0.25) is 0 Å². The largest absolute Gasteiger partial charge is 0.507 e. The first-order chi connectivity index (χ1) is 14.0. The highest BCUT2D eigenvalue weighted by Gasteiger charge is 2.18. The van der Waals surface area contributed by atoms with E-state index in [1.165, 1.54) is 18.3 Å². The fourth-order valence-electron chi connectivity index (χ4n) is 3.21. The standard InChI is InChI=1S/C22H16F2N4O/c23-19-6-2-5-15(20(19)24)17(9-25)21(29)18-11-28-22-16(18)8-13(10-27-22)12-3-1-4-14(26)7-12/h1-11,25,29H,26H2,(H,27,28)/b21-17+,25-9?. The molecule has 0 unspecified atom stereocenters. The fourth-order valence-corrected chi connectivity index (χ4v) is 3.21. The number of hydrogen-bond donors (Lipinski definition) is 4. The van der Waals surface area contributed by atoms with Crippen LogP contribution in [0.2, 0.25) is 0 Å². The van der Waals surface area contributed by atoms with Crippen molar-refractivity contribution in [3.8, 4) is 11.1 Å². The lowest BCUT2D eigenvalue weighted by Gasteiger charge is -2.08. The number of aromatic nitrogens is 2. The molecule has 0 amide bonds. The van der Waals surface area contributed by atoms with E-state index in [0.717, 1.165) is 23.4 Å². The summed E-state index contributed by atoms with van der Waals surface area (Å²) in [5.74, 6) is -2.54. The highest BCUT2D eigenvalue weighted by molar-refractivity contribution is 6.18. The van der Waals surface area contributed by atoms with Gasteiger partial charge in [0, 0.05) is 51.9 Å². The van der Waals surface area contributed by atoms with Gasteiger partial charge < -0.3 is 21.2 Å². The molecule has 0 saturated heterocycles. The van der Waals surface area contributed by atoms with Crippen molar-refractivity contribution in [2.45, 2.75) is 0 Å². The highest BCUT2D eigenvalue weighted by Crippen LogP contribution is 2.32. The van der Waals surface area contributed by atoms with Crippen molar-refractivity contribution in [1.82, 2.24) is 9.97 Å². The first kappa shape index (κ1) is 18.4. The average Bonchev–Trinajstić information content (AvgIpc) is 3.14. The lowest BCUT2D eigenvalue weighted by molar-refractivity contribution is 0.503. The van der Waals surface area contributed by atoms with Gasteiger partial charge in [-0.2, -0.15) is 0 Å². The van der Waals surface area contributed by atoms with Crippen molar-refractivity contribution in [3.05, 3.63) is 83.7 Å². The third-order valence-electron chi connectivity index (χ3n) is 4.65. The van der Waals surface area contributed by atoms with Crippen LogP contribution in [-0.2, 0) is 0 Å². The molecule has 2 aromatic heterocycles. The summed E-state index contributed by atoms with van der Waals surface area (Å²) in [6.45, 7) is 0. The number of hydrogen-bond acceptors (Lipinski definition) is 4. The summed E-state index contributed by atoms with van der Waals surface area (Å²) in [6.07, 6.45) is 3.97. The van der Waals surface area contributed by atoms with E-state index in [-0.39, 0.29) is 16.9 Å². The molecule has 0 atom stereocenters. The summed E-state index contributed by atoms with van der Waals surface area (Å²) in [6, 6.07) is 12.7. The number of aromatic amines is 1. The topological polar surface area (TPSA) is 98.8 Å². The van der Waals surface area contributed by atoms with Crippen molar-refractivity contribution < 1.29 is 13.9 Å². The number of nitrogens with one attached hydrogen (secondary N) is 2. The zero-order valence-corrected chi connectivity index (χ0v) is 15.1. The maximum atomic E-state index is 14.2. The fraction of sp³-hybridized carbons (Fsp3) is 0. The van der Waals surface area contributed by atoms with Gasteiger partial charge in [-0.05, 0) is 29.8 Å². The Hall–Kier alpha value is -4.00. The van der Waals surface area contributed by atoms with E-state index >= 15 is 0 Å². The van der Waals surface area contributed by atoms with Crippen molar-refractivity contribution in [1.29, 1.82) is 5.41 Å². The third-order valence-corrected chi connectivity index (χ3v) is 4.65.